The molecule has 0 saturated carbocycles. The molecule has 3 nitrogen and oxygen atoms in total. The summed E-state index contributed by atoms with van der Waals surface area (Å²) in [5.74, 6) is 0. The van der Waals surface area contributed by atoms with E-state index < -0.39 is 0 Å². The lowest BCUT2D eigenvalue weighted by molar-refractivity contribution is 0.180. The van der Waals surface area contributed by atoms with Gasteiger partial charge in [0.25, 0.3) is 0 Å². The summed E-state index contributed by atoms with van der Waals surface area (Å²) in [5, 5.41) is 13.5. The molecular formula is C15H20N2O. The molecule has 1 N–H and O–H groups in total. The van der Waals surface area contributed by atoms with Gasteiger partial charge >= 0.3 is 0 Å². The SMILES string of the molecule is CC(O)CCCCn1cc(-c2ccccc2)cn1. The number of unbranched alkanes of at least 4 members (excludes halogenated alkanes) is 1. The topological polar surface area (TPSA) is 38.0 Å². The predicted octanol–water partition coefficient (Wildman–Crippen LogP) is 3.10. The Morgan fingerprint density at radius 3 is 2.67 bits per heavy atom. The van der Waals surface area contributed by atoms with E-state index in [0.29, 0.717) is 0 Å². The maximum absolute atomic E-state index is 9.18. The second-order valence-corrected chi connectivity index (χ2v) is 4.70. The smallest absolute Gasteiger partial charge is 0.0568 e. The Morgan fingerprint density at radius 1 is 1.17 bits per heavy atom. The minimum atomic E-state index is -0.192. The van der Waals surface area contributed by atoms with E-state index in [9.17, 15) is 5.11 Å². The van der Waals surface area contributed by atoms with Crippen LogP contribution in [0, 0.1) is 0 Å². The first-order chi connectivity index (χ1) is 8.75. The van der Waals surface area contributed by atoms with Gasteiger partial charge < -0.3 is 5.11 Å². The third kappa shape index (κ3) is 3.70. The van der Waals surface area contributed by atoms with E-state index in [-0.39, 0.29) is 6.10 Å². The van der Waals surface area contributed by atoms with Crippen LogP contribution in [0.15, 0.2) is 42.7 Å². The zero-order valence-corrected chi connectivity index (χ0v) is 10.8. The molecule has 0 fully saturated rings. The molecule has 0 aliphatic heterocycles. The van der Waals surface area contributed by atoms with Crippen molar-refractivity contribution >= 4 is 0 Å². The second kappa shape index (κ2) is 6.36. The minimum absolute atomic E-state index is 0.192. The second-order valence-electron chi connectivity index (χ2n) is 4.70. The van der Waals surface area contributed by atoms with Crippen LogP contribution >= 0.6 is 0 Å². The summed E-state index contributed by atoms with van der Waals surface area (Å²) in [6.07, 6.45) is 6.76. The van der Waals surface area contributed by atoms with Crippen LogP contribution in [0.4, 0.5) is 0 Å². The molecule has 2 aromatic rings. The molecule has 1 atom stereocenters. The van der Waals surface area contributed by atoms with E-state index >= 15 is 0 Å². The number of aromatic nitrogens is 2. The Morgan fingerprint density at radius 2 is 1.94 bits per heavy atom. The van der Waals surface area contributed by atoms with Crippen LogP contribution < -0.4 is 0 Å². The summed E-state index contributed by atoms with van der Waals surface area (Å²) < 4.78 is 1.98. The minimum Gasteiger partial charge on any atom is -0.393 e. The van der Waals surface area contributed by atoms with Crippen LogP contribution in [0.3, 0.4) is 0 Å². The summed E-state index contributed by atoms with van der Waals surface area (Å²) in [4.78, 5) is 0. The van der Waals surface area contributed by atoms with Crippen molar-refractivity contribution in [2.45, 2.75) is 38.8 Å². The number of aliphatic hydroxyl groups is 1. The van der Waals surface area contributed by atoms with Crippen molar-refractivity contribution in [3.8, 4) is 11.1 Å². The lowest BCUT2D eigenvalue weighted by Gasteiger charge is -2.03. The number of hydrogen-bond donors (Lipinski definition) is 1. The molecule has 1 aromatic carbocycles. The Bertz CT molecular complexity index is 462. The molecule has 0 aliphatic carbocycles. The molecule has 0 aliphatic rings. The zero-order chi connectivity index (χ0) is 12.8. The number of rotatable bonds is 6. The van der Waals surface area contributed by atoms with Crippen LogP contribution in [0.25, 0.3) is 11.1 Å². The number of hydrogen-bond acceptors (Lipinski definition) is 2. The Labute approximate surface area is 108 Å². The zero-order valence-electron chi connectivity index (χ0n) is 10.8. The molecule has 1 heterocycles. The lowest BCUT2D eigenvalue weighted by atomic mass is 10.1. The van der Waals surface area contributed by atoms with Gasteiger partial charge in [-0.05, 0) is 31.7 Å². The first kappa shape index (κ1) is 12.8. The number of nitrogens with zero attached hydrogens (tertiary/aromatic N) is 2. The summed E-state index contributed by atoms with van der Waals surface area (Å²) in [5.41, 5.74) is 2.36. The normalized spacial score (nSPS) is 12.6. The molecule has 0 radical (unpaired) electrons. The highest BCUT2D eigenvalue weighted by Gasteiger charge is 2.01. The third-order valence-corrected chi connectivity index (χ3v) is 3.00. The summed E-state index contributed by atoms with van der Waals surface area (Å²) >= 11 is 0. The largest absolute Gasteiger partial charge is 0.393 e. The molecule has 18 heavy (non-hydrogen) atoms. The van der Waals surface area contributed by atoms with Gasteiger partial charge in [-0.2, -0.15) is 5.10 Å². The van der Waals surface area contributed by atoms with E-state index in [4.69, 9.17) is 0 Å². The van der Waals surface area contributed by atoms with Gasteiger partial charge in [-0.1, -0.05) is 30.3 Å². The van der Waals surface area contributed by atoms with Crippen LogP contribution in [0.2, 0.25) is 0 Å². The van der Waals surface area contributed by atoms with Gasteiger partial charge in [-0.15, -0.1) is 0 Å². The highest BCUT2D eigenvalue weighted by molar-refractivity contribution is 5.61. The van der Waals surface area contributed by atoms with Crippen LogP contribution in [0.5, 0.6) is 0 Å². The van der Waals surface area contributed by atoms with Crippen molar-refractivity contribution in [1.82, 2.24) is 9.78 Å². The van der Waals surface area contributed by atoms with Gasteiger partial charge in [0, 0.05) is 18.3 Å². The molecule has 96 valence electrons. The molecule has 0 amide bonds. The van der Waals surface area contributed by atoms with E-state index in [1.807, 2.05) is 36.0 Å². The van der Waals surface area contributed by atoms with Crippen LogP contribution in [-0.4, -0.2) is 21.0 Å². The van der Waals surface area contributed by atoms with E-state index in [1.54, 1.807) is 0 Å². The van der Waals surface area contributed by atoms with Gasteiger partial charge in [-0.3, -0.25) is 4.68 Å². The van der Waals surface area contributed by atoms with Crippen molar-refractivity contribution in [2.24, 2.45) is 0 Å². The Hall–Kier alpha value is -1.61. The number of aliphatic hydroxyl groups excluding tert-OH is 1. The first-order valence-corrected chi connectivity index (χ1v) is 6.51. The third-order valence-electron chi connectivity index (χ3n) is 3.00. The molecule has 0 bridgehead atoms. The van der Waals surface area contributed by atoms with Crippen molar-refractivity contribution in [2.75, 3.05) is 0 Å². The van der Waals surface area contributed by atoms with Gasteiger partial charge in [0.15, 0.2) is 0 Å². The number of benzene rings is 1. The summed E-state index contributed by atoms with van der Waals surface area (Å²) in [7, 11) is 0. The van der Waals surface area contributed by atoms with Crippen LogP contribution in [-0.2, 0) is 6.54 Å². The number of aryl methyl sites for hydroxylation is 1. The highest BCUT2D eigenvalue weighted by Crippen LogP contribution is 2.17. The van der Waals surface area contributed by atoms with Gasteiger partial charge in [0.05, 0.1) is 12.3 Å². The van der Waals surface area contributed by atoms with Crippen molar-refractivity contribution < 1.29 is 5.11 Å². The molecular weight excluding hydrogens is 224 g/mol. The lowest BCUT2D eigenvalue weighted by Crippen LogP contribution is -2.02. The van der Waals surface area contributed by atoms with Crippen molar-refractivity contribution in [3.63, 3.8) is 0 Å². The monoisotopic (exact) mass is 244 g/mol. The molecule has 1 aromatic heterocycles. The molecule has 2 rings (SSSR count). The summed E-state index contributed by atoms with van der Waals surface area (Å²) in [6, 6.07) is 10.3. The fraction of sp³-hybridized carbons (Fsp3) is 0.400. The standard InChI is InChI=1S/C15H20N2O/c1-13(18)7-5-6-10-17-12-15(11-16-17)14-8-3-2-4-9-14/h2-4,8-9,11-13,18H,5-7,10H2,1H3. The first-order valence-electron chi connectivity index (χ1n) is 6.51. The van der Waals surface area contributed by atoms with Crippen molar-refractivity contribution in [3.05, 3.63) is 42.7 Å². The molecule has 0 spiro atoms. The highest BCUT2D eigenvalue weighted by atomic mass is 16.3. The summed E-state index contributed by atoms with van der Waals surface area (Å²) in [6.45, 7) is 2.75. The fourth-order valence-corrected chi connectivity index (χ4v) is 1.98. The predicted molar refractivity (Wildman–Crippen MR) is 73.2 cm³/mol. The Kier molecular flexibility index (Phi) is 4.53. The fourth-order valence-electron chi connectivity index (χ4n) is 1.98. The van der Waals surface area contributed by atoms with E-state index in [0.717, 1.165) is 31.4 Å². The maximum Gasteiger partial charge on any atom is 0.0568 e. The Balaban J connectivity index is 1.87. The molecule has 0 saturated heterocycles. The molecule has 3 heteroatoms. The van der Waals surface area contributed by atoms with Gasteiger partial charge in [0.1, 0.15) is 0 Å². The van der Waals surface area contributed by atoms with Gasteiger partial charge in [0.2, 0.25) is 0 Å². The quantitative estimate of drug-likeness (QED) is 0.793. The van der Waals surface area contributed by atoms with Crippen LogP contribution in [0.1, 0.15) is 26.2 Å². The van der Waals surface area contributed by atoms with Gasteiger partial charge in [-0.25, -0.2) is 0 Å². The maximum atomic E-state index is 9.18. The van der Waals surface area contributed by atoms with E-state index in [2.05, 4.69) is 23.4 Å². The molecule has 1 unspecified atom stereocenters. The average Bonchev–Trinajstić information content (AvgIpc) is 2.84. The van der Waals surface area contributed by atoms with E-state index in [1.165, 1.54) is 5.56 Å². The van der Waals surface area contributed by atoms with Crippen molar-refractivity contribution in [1.29, 1.82) is 0 Å². The average molecular weight is 244 g/mol.